The van der Waals surface area contributed by atoms with E-state index < -0.39 is 5.82 Å². The number of ether oxygens (including phenoxy) is 1. The molecule has 2 heterocycles. The van der Waals surface area contributed by atoms with Crippen LogP contribution in [0.4, 0.5) is 9.52 Å². The van der Waals surface area contributed by atoms with Crippen LogP contribution in [0.15, 0.2) is 41.0 Å². The van der Waals surface area contributed by atoms with E-state index in [2.05, 4.69) is 25.5 Å². The molecule has 0 aliphatic carbocycles. The largest absolute Gasteiger partial charge is 0.483 e. The topological polar surface area (TPSA) is 92.8 Å². The fourth-order valence-electron chi connectivity index (χ4n) is 1.69. The molecule has 3 aromatic rings. The number of aromatic amines is 1. The monoisotopic (exact) mass is 365 g/mol. The normalized spacial score (nSPS) is 10.5. The van der Waals surface area contributed by atoms with Crippen molar-refractivity contribution in [2.45, 2.75) is 11.8 Å². The van der Waals surface area contributed by atoms with Gasteiger partial charge in [-0.05, 0) is 12.1 Å². The van der Waals surface area contributed by atoms with Crippen molar-refractivity contribution in [3.8, 4) is 5.75 Å². The fraction of sp³-hybridized carbons (Fsp3) is 0.143. The molecule has 0 unspecified atom stereocenters. The molecule has 0 fully saturated rings. The molecule has 124 valence electrons. The van der Waals surface area contributed by atoms with Gasteiger partial charge in [-0.3, -0.25) is 9.89 Å². The highest BCUT2D eigenvalue weighted by atomic mass is 32.2. The first-order chi connectivity index (χ1) is 11.7. The lowest BCUT2D eigenvalue weighted by Gasteiger charge is -2.03. The van der Waals surface area contributed by atoms with E-state index >= 15 is 0 Å². The van der Waals surface area contributed by atoms with Gasteiger partial charge in [-0.2, -0.15) is 0 Å². The summed E-state index contributed by atoms with van der Waals surface area (Å²) in [4.78, 5) is 19.9. The van der Waals surface area contributed by atoms with Crippen molar-refractivity contribution in [3.63, 3.8) is 0 Å². The number of aromatic nitrogens is 4. The first-order valence-corrected chi connectivity index (χ1v) is 8.68. The van der Waals surface area contributed by atoms with Gasteiger partial charge in [0.15, 0.2) is 22.5 Å². The second-order valence-corrected chi connectivity index (χ2v) is 6.29. The van der Waals surface area contributed by atoms with Crippen LogP contribution in [0, 0.1) is 5.82 Å². The molecule has 2 N–H and O–H groups in total. The van der Waals surface area contributed by atoms with Crippen LogP contribution in [0.1, 0.15) is 5.82 Å². The standard InChI is InChI=1S/C14H12FN5O2S2/c15-9-3-1-2-4-10(9)22-7-11-17-14(20-19-11)24-8-12(21)18-13-16-5-6-23-13/h1-6H,7-8H2,(H,16,18,21)(H,17,19,20). The number of rotatable bonds is 7. The average molecular weight is 365 g/mol. The number of carbonyl (C=O) groups is 1. The van der Waals surface area contributed by atoms with E-state index in [1.807, 2.05) is 0 Å². The number of nitrogens with one attached hydrogen (secondary N) is 2. The average Bonchev–Trinajstić information content (AvgIpc) is 3.24. The Kier molecular flexibility index (Phi) is 5.39. The van der Waals surface area contributed by atoms with Crippen molar-refractivity contribution >= 4 is 34.1 Å². The maximum atomic E-state index is 13.4. The fourth-order valence-corrected chi connectivity index (χ4v) is 2.85. The van der Waals surface area contributed by atoms with E-state index in [4.69, 9.17) is 4.74 Å². The van der Waals surface area contributed by atoms with Gasteiger partial charge in [-0.15, -0.1) is 16.4 Å². The van der Waals surface area contributed by atoms with Crippen molar-refractivity contribution < 1.29 is 13.9 Å². The maximum Gasteiger partial charge on any atom is 0.236 e. The number of hydrogen-bond acceptors (Lipinski definition) is 7. The summed E-state index contributed by atoms with van der Waals surface area (Å²) < 4.78 is 18.8. The minimum atomic E-state index is -0.439. The number of hydrogen-bond donors (Lipinski definition) is 2. The summed E-state index contributed by atoms with van der Waals surface area (Å²) in [5.41, 5.74) is 0. The van der Waals surface area contributed by atoms with Crippen LogP contribution in [0.25, 0.3) is 0 Å². The zero-order valence-electron chi connectivity index (χ0n) is 12.2. The van der Waals surface area contributed by atoms with Crippen LogP contribution in [0.2, 0.25) is 0 Å². The molecule has 0 saturated heterocycles. The summed E-state index contributed by atoms with van der Waals surface area (Å²) in [7, 11) is 0. The van der Waals surface area contributed by atoms with Crippen molar-refractivity contribution in [1.82, 2.24) is 20.2 Å². The quantitative estimate of drug-likeness (QED) is 0.626. The third-order valence-corrected chi connectivity index (χ3v) is 4.26. The van der Waals surface area contributed by atoms with Crippen molar-refractivity contribution in [2.24, 2.45) is 0 Å². The molecular weight excluding hydrogens is 353 g/mol. The number of H-pyrrole nitrogens is 1. The smallest absolute Gasteiger partial charge is 0.236 e. The zero-order valence-corrected chi connectivity index (χ0v) is 13.9. The Morgan fingerprint density at radius 3 is 3.08 bits per heavy atom. The Morgan fingerprint density at radius 1 is 1.42 bits per heavy atom. The van der Waals surface area contributed by atoms with Crippen LogP contribution >= 0.6 is 23.1 Å². The first-order valence-electron chi connectivity index (χ1n) is 6.81. The molecule has 0 spiro atoms. The summed E-state index contributed by atoms with van der Waals surface area (Å²) in [5, 5.41) is 12.1. The van der Waals surface area contributed by atoms with Crippen molar-refractivity contribution in [1.29, 1.82) is 0 Å². The number of amides is 1. The van der Waals surface area contributed by atoms with Crippen LogP contribution in [-0.2, 0) is 11.4 Å². The molecule has 0 radical (unpaired) electrons. The van der Waals surface area contributed by atoms with E-state index in [-0.39, 0.29) is 24.0 Å². The predicted molar refractivity (Wildman–Crippen MR) is 88.6 cm³/mol. The summed E-state index contributed by atoms with van der Waals surface area (Å²) >= 11 is 2.52. The minimum absolute atomic E-state index is 0.0554. The number of anilines is 1. The van der Waals surface area contributed by atoms with Gasteiger partial charge in [0.25, 0.3) is 0 Å². The minimum Gasteiger partial charge on any atom is -0.483 e. The Hall–Kier alpha value is -2.46. The van der Waals surface area contributed by atoms with Crippen LogP contribution < -0.4 is 10.1 Å². The Bertz CT molecular complexity index is 809. The number of thioether (sulfide) groups is 1. The second-order valence-electron chi connectivity index (χ2n) is 4.46. The third-order valence-electron chi connectivity index (χ3n) is 2.72. The van der Waals surface area contributed by atoms with Crippen LogP contribution in [-0.4, -0.2) is 31.8 Å². The molecule has 0 aliphatic heterocycles. The Balaban J connectivity index is 1.47. The molecule has 3 rings (SSSR count). The van der Waals surface area contributed by atoms with Crippen molar-refractivity contribution in [2.75, 3.05) is 11.1 Å². The summed E-state index contributed by atoms with van der Waals surface area (Å²) in [5.74, 6) is 0.117. The van der Waals surface area contributed by atoms with Crippen LogP contribution in [0.5, 0.6) is 5.75 Å². The summed E-state index contributed by atoms with van der Waals surface area (Å²) in [6.07, 6.45) is 1.62. The van der Waals surface area contributed by atoms with Gasteiger partial charge in [-0.1, -0.05) is 23.9 Å². The first kappa shape index (κ1) is 16.4. The molecular formula is C14H12FN5O2S2. The lowest BCUT2D eigenvalue weighted by molar-refractivity contribution is -0.113. The Morgan fingerprint density at radius 2 is 2.29 bits per heavy atom. The van der Waals surface area contributed by atoms with E-state index in [9.17, 15) is 9.18 Å². The molecule has 0 aliphatic rings. The number of thiazole rings is 1. The number of halogens is 1. The number of carbonyl (C=O) groups excluding carboxylic acids is 1. The molecule has 7 nitrogen and oxygen atoms in total. The van der Waals surface area contributed by atoms with Gasteiger partial charge < -0.3 is 10.1 Å². The van der Waals surface area contributed by atoms with Gasteiger partial charge in [0.05, 0.1) is 5.75 Å². The second kappa shape index (κ2) is 7.88. The van der Waals surface area contributed by atoms with Gasteiger partial charge in [0.1, 0.15) is 6.61 Å². The molecule has 24 heavy (non-hydrogen) atoms. The third kappa shape index (κ3) is 4.52. The Labute approximate surface area is 144 Å². The summed E-state index contributed by atoms with van der Waals surface area (Å²) in [6, 6.07) is 6.12. The van der Waals surface area contributed by atoms with Gasteiger partial charge in [0.2, 0.25) is 11.1 Å². The lowest BCUT2D eigenvalue weighted by Crippen LogP contribution is -2.13. The summed E-state index contributed by atoms with van der Waals surface area (Å²) in [6.45, 7) is 0.0554. The highest BCUT2D eigenvalue weighted by Crippen LogP contribution is 2.18. The van der Waals surface area contributed by atoms with Gasteiger partial charge >= 0.3 is 0 Å². The van der Waals surface area contributed by atoms with E-state index in [0.717, 1.165) is 0 Å². The molecule has 0 bridgehead atoms. The highest BCUT2D eigenvalue weighted by molar-refractivity contribution is 7.99. The van der Waals surface area contributed by atoms with Gasteiger partial charge in [0, 0.05) is 11.6 Å². The zero-order chi connectivity index (χ0) is 16.8. The van der Waals surface area contributed by atoms with Crippen molar-refractivity contribution in [3.05, 3.63) is 47.5 Å². The van der Waals surface area contributed by atoms with Crippen LogP contribution in [0.3, 0.4) is 0 Å². The van der Waals surface area contributed by atoms with E-state index in [1.165, 1.54) is 35.2 Å². The molecule has 0 saturated carbocycles. The molecule has 0 atom stereocenters. The number of nitrogens with zero attached hydrogens (tertiary/aromatic N) is 3. The molecule has 10 heteroatoms. The highest BCUT2D eigenvalue weighted by Gasteiger charge is 2.10. The van der Waals surface area contributed by atoms with E-state index in [0.29, 0.717) is 16.1 Å². The lowest BCUT2D eigenvalue weighted by atomic mass is 10.3. The number of para-hydroxylation sites is 1. The predicted octanol–water partition coefficient (Wildman–Crippen LogP) is 2.71. The molecule has 1 amide bonds. The molecule has 1 aromatic carbocycles. The SMILES string of the molecule is O=C(CSc1n[nH]c(COc2ccccc2F)n1)Nc1nccs1. The molecule has 2 aromatic heterocycles. The maximum absolute atomic E-state index is 13.4. The van der Waals surface area contributed by atoms with E-state index in [1.54, 1.807) is 23.7 Å². The number of benzene rings is 1. The van der Waals surface area contributed by atoms with Gasteiger partial charge in [-0.25, -0.2) is 14.4 Å².